The van der Waals surface area contributed by atoms with Crippen molar-refractivity contribution in [3.63, 3.8) is 0 Å². The van der Waals surface area contributed by atoms with Gasteiger partial charge in [0.2, 0.25) is 0 Å². The van der Waals surface area contributed by atoms with E-state index in [4.69, 9.17) is 9.47 Å². The van der Waals surface area contributed by atoms with Gasteiger partial charge in [0, 0.05) is 35.9 Å². The summed E-state index contributed by atoms with van der Waals surface area (Å²) in [5.41, 5.74) is 3.81. The monoisotopic (exact) mass is 394 g/mol. The normalized spacial score (nSPS) is 11.3. The highest BCUT2D eigenvalue weighted by Crippen LogP contribution is 2.34. The number of nitriles is 2. The van der Waals surface area contributed by atoms with Crippen molar-refractivity contribution in [2.45, 2.75) is 0 Å². The zero-order valence-corrected chi connectivity index (χ0v) is 16.5. The lowest BCUT2D eigenvalue weighted by Crippen LogP contribution is -1.94. The van der Waals surface area contributed by atoms with Gasteiger partial charge in [-0.1, -0.05) is 0 Å². The van der Waals surface area contributed by atoms with Crippen molar-refractivity contribution in [1.29, 1.82) is 10.5 Å². The molecule has 2 heterocycles. The highest BCUT2D eigenvalue weighted by molar-refractivity contribution is 5.93. The quantitative estimate of drug-likeness (QED) is 0.566. The van der Waals surface area contributed by atoms with Gasteiger partial charge in [0.25, 0.3) is 0 Å². The van der Waals surface area contributed by atoms with Crippen LogP contribution in [0.15, 0.2) is 61.2 Å². The summed E-state index contributed by atoms with van der Waals surface area (Å²) < 4.78 is 11.1. The standard InChI is InChI=1S/C24H18N4O2/c1-29-23-13-20(12-22(16-26)18-5-9-28-10-6-18)24(30-2)14-19(23)11-21(15-25)17-3-7-27-8-4-17/h3-14H,1-2H3/b21-11+,22-12+. The maximum absolute atomic E-state index is 9.60. The van der Waals surface area contributed by atoms with Crippen LogP contribution < -0.4 is 9.47 Å². The highest BCUT2D eigenvalue weighted by Gasteiger charge is 2.12. The minimum Gasteiger partial charge on any atom is -0.496 e. The molecule has 3 aromatic rings. The Kier molecular flexibility index (Phi) is 6.55. The Bertz CT molecular complexity index is 1080. The van der Waals surface area contributed by atoms with Crippen LogP contribution in [0.4, 0.5) is 0 Å². The summed E-state index contributed by atoms with van der Waals surface area (Å²) >= 11 is 0. The number of methoxy groups -OCH3 is 2. The molecule has 0 aliphatic heterocycles. The van der Waals surface area contributed by atoms with Gasteiger partial charge in [0.15, 0.2) is 0 Å². The maximum Gasteiger partial charge on any atom is 0.126 e. The summed E-state index contributed by atoms with van der Waals surface area (Å²) in [6.45, 7) is 0. The number of nitrogens with zero attached hydrogens (tertiary/aromatic N) is 4. The van der Waals surface area contributed by atoms with E-state index in [0.29, 0.717) is 33.8 Å². The number of pyridine rings is 2. The van der Waals surface area contributed by atoms with Gasteiger partial charge in [-0.25, -0.2) is 0 Å². The van der Waals surface area contributed by atoms with Gasteiger partial charge in [-0.2, -0.15) is 10.5 Å². The van der Waals surface area contributed by atoms with E-state index in [1.54, 1.807) is 87.6 Å². The van der Waals surface area contributed by atoms with E-state index in [0.717, 1.165) is 11.1 Å². The summed E-state index contributed by atoms with van der Waals surface area (Å²) in [5.74, 6) is 1.10. The molecule has 30 heavy (non-hydrogen) atoms. The fraction of sp³-hybridized carbons (Fsp3) is 0.0833. The van der Waals surface area contributed by atoms with E-state index < -0.39 is 0 Å². The minimum atomic E-state index is 0.468. The average molecular weight is 394 g/mol. The van der Waals surface area contributed by atoms with Crippen LogP contribution in [0, 0.1) is 22.7 Å². The largest absolute Gasteiger partial charge is 0.496 e. The van der Waals surface area contributed by atoms with Gasteiger partial charge >= 0.3 is 0 Å². The zero-order valence-electron chi connectivity index (χ0n) is 16.5. The van der Waals surface area contributed by atoms with Gasteiger partial charge < -0.3 is 9.47 Å². The second-order valence-corrected chi connectivity index (χ2v) is 6.15. The SMILES string of the molecule is COc1cc(/C=C(\C#N)c2ccncc2)c(OC)cc1/C=C(\C#N)c1ccncc1. The number of aromatic nitrogens is 2. The van der Waals surface area contributed by atoms with E-state index >= 15 is 0 Å². The third-order valence-corrected chi connectivity index (χ3v) is 4.41. The van der Waals surface area contributed by atoms with Crippen molar-refractivity contribution in [1.82, 2.24) is 9.97 Å². The van der Waals surface area contributed by atoms with Crippen molar-refractivity contribution < 1.29 is 9.47 Å². The molecule has 6 heteroatoms. The van der Waals surface area contributed by atoms with Gasteiger partial charge in [-0.3, -0.25) is 9.97 Å². The van der Waals surface area contributed by atoms with E-state index in [-0.39, 0.29) is 0 Å². The second kappa shape index (κ2) is 9.68. The first-order chi connectivity index (χ1) is 14.7. The molecule has 0 fully saturated rings. The van der Waals surface area contributed by atoms with Gasteiger partial charge in [0.05, 0.1) is 37.5 Å². The average Bonchev–Trinajstić information content (AvgIpc) is 2.82. The number of benzene rings is 1. The lowest BCUT2D eigenvalue weighted by atomic mass is 10.00. The molecule has 0 unspecified atom stereocenters. The number of allylic oxidation sites excluding steroid dienone is 2. The summed E-state index contributed by atoms with van der Waals surface area (Å²) in [5, 5.41) is 19.2. The Balaban J connectivity index is 2.12. The molecule has 1 aromatic carbocycles. The minimum absolute atomic E-state index is 0.468. The lowest BCUT2D eigenvalue weighted by Gasteiger charge is -2.12. The fourth-order valence-corrected chi connectivity index (χ4v) is 2.90. The van der Waals surface area contributed by atoms with Gasteiger partial charge in [0.1, 0.15) is 11.5 Å². The second-order valence-electron chi connectivity index (χ2n) is 6.15. The first kappa shape index (κ1) is 20.3. The first-order valence-corrected chi connectivity index (χ1v) is 9.00. The summed E-state index contributed by atoms with van der Waals surface area (Å²) in [4.78, 5) is 7.97. The topological polar surface area (TPSA) is 91.8 Å². The smallest absolute Gasteiger partial charge is 0.126 e. The van der Waals surface area contributed by atoms with Crippen molar-refractivity contribution in [3.05, 3.63) is 83.4 Å². The molecule has 3 rings (SSSR count). The summed E-state index contributed by atoms with van der Waals surface area (Å²) in [7, 11) is 3.11. The molecule has 6 nitrogen and oxygen atoms in total. The Morgan fingerprint density at radius 2 is 1.10 bits per heavy atom. The number of hydrogen-bond donors (Lipinski definition) is 0. The molecule has 0 amide bonds. The highest BCUT2D eigenvalue weighted by atomic mass is 16.5. The predicted octanol–water partition coefficient (Wildman–Crippen LogP) is 4.62. The predicted molar refractivity (Wildman–Crippen MR) is 115 cm³/mol. The van der Waals surface area contributed by atoms with Crippen LogP contribution in [0.1, 0.15) is 22.3 Å². The van der Waals surface area contributed by atoms with Crippen LogP contribution in [0.2, 0.25) is 0 Å². The summed E-state index contributed by atoms with van der Waals surface area (Å²) in [6.07, 6.45) is 10.0. The van der Waals surface area contributed by atoms with E-state index in [1.165, 1.54) is 0 Å². The van der Waals surface area contributed by atoms with Crippen molar-refractivity contribution in [2.24, 2.45) is 0 Å². The third kappa shape index (κ3) is 4.52. The van der Waals surface area contributed by atoms with Crippen LogP contribution in [0.5, 0.6) is 11.5 Å². The van der Waals surface area contributed by atoms with Gasteiger partial charge in [-0.05, 0) is 59.7 Å². The first-order valence-electron chi connectivity index (χ1n) is 9.00. The molecule has 0 saturated carbocycles. The van der Waals surface area contributed by atoms with E-state index in [9.17, 15) is 10.5 Å². The molecule has 0 atom stereocenters. The Labute approximate surface area is 175 Å². The number of hydrogen-bond acceptors (Lipinski definition) is 6. The molecular weight excluding hydrogens is 376 g/mol. The van der Waals surface area contributed by atoms with Crippen LogP contribution in [-0.2, 0) is 0 Å². The van der Waals surface area contributed by atoms with Crippen molar-refractivity contribution >= 4 is 23.3 Å². The molecule has 0 spiro atoms. The zero-order chi connectivity index (χ0) is 21.3. The molecular formula is C24H18N4O2. The van der Waals surface area contributed by atoms with E-state index in [1.807, 2.05) is 0 Å². The number of ether oxygens (including phenoxy) is 2. The van der Waals surface area contributed by atoms with Crippen molar-refractivity contribution in [3.8, 4) is 23.6 Å². The van der Waals surface area contributed by atoms with Crippen molar-refractivity contribution in [2.75, 3.05) is 14.2 Å². The lowest BCUT2D eigenvalue weighted by molar-refractivity contribution is 0.401. The molecule has 2 aromatic heterocycles. The van der Waals surface area contributed by atoms with Crippen LogP contribution in [0.25, 0.3) is 23.3 Å². The molecule has 146 valence electrons. The molecule has 0 N–H and O–H groups in total. The Morgan fingerprint density at radius 3 is 1.40 bits per heavy atom. The molecule has 0 bridgehead atoms. The molecule has 0 saturated heterocycles. The Hall–Kier alpha value is -4.42. The molecule has 0 radical (unpaired) electrons. The van der Waals surface area contributed by atoms with Crippen LogP contribution in [0.3, 0.4) is 0 Å². The molecule has 0 aliphatic carbocycles. The number of rotatable bonds is 6. The summed E-state index contributed by atoms with van der Waals surface area (Å²) in [6, 6.07) is 15.1. The van der Waals surface area contributed by atoms with Crippen LogP contribution >= 0.6 is 0 Å². The maximum atomic E-state index is 9.60. The Morgan fingerprint density at radius 1 is 0.733 bits per heavy atom. The van der Waals surface area contributed by atoms with Crippen LogP contribution in [-0.4, -0.2) is 24.2 Å². The third-order valence-electron chi connectivity index (χ3n) is 4.41. The van der Waals surface area contributed by atoms with E-state index in [2.05, 4.69) is 22.1 Å². The van der Waals surface area contributed by atoms with Gasteiger partial charge in [-0.15, -0.1) is 0 Å². The molecule has 0 aliphatic rings. The fourth-order valence-electron chi connectivity index (χ4n) is 2.90.